The maximum atomic E-state index is 6.21. The third kappa shape index (κ3) is 4.03. The Morgan fingerprint density at radius 3 is 2.42 bits per heavy atom. The third-order valence-corrected chi connectivity index (χ3v) is 6.40. The summed E-state index contributed by atoms with van der Waals surface area (Å²) in [6.07, 6.45) is 5.88. The van der Waals surface area contributed by atoms with Crippen molar-refractivity contribution in [2.75, 3.05) is 10.6 Å². The van der Waals surface area contributed by atoms with E-state index in [9.17, 15) is 0 Å². The SMILES string of the molecule is CC.Clc1cc2c(cc1Cl)NC1(CCCCC1)C(=NCc1cccs1)N2. The number of fused-ring (bicyclic) bond motifs is 1. The van der Waals surface area contributed by atoms with Crippen LogP contribution in [0.4, 0.5) is 11.4 Å². The highest BCUT2D eigenvalue weighted by Crippen LogP contribution is 2.42. The summed E-state index contributed by atoms with van der Waals surface area (Å²) in [4.78, 5) is 6.20. The second-order valence-corrected chi connectivity index (χ2v) is 8.30. The zero-order valence-corrected chi connectivity index (χ0v) is 17.6. The molecule has 1 aliphatic carbocycles. The molecule has 1 fully saturated rings. The maximum absolute atomic E-state index is 6.21. The first-order valence-electron chi connectivity index (χ1n) is 9.28. The van der Waals surface area contributed by atoms with Crippen LogP contribution in [0.1, 0.15) is 50.8 Å². The summed E-state index contributed by atoms with van der Waals surface area (Å²) in [5.41, 5.74) is 1.85. The molecule has 2 heterocycles. The summed E-state index contributed by atoms with van der Waals surface area (Å²) in [6.45, 7) is 4.71. The molecule has 2 aliphatic rings. The zero-order chi connectivity index (χ0) is 18.6. The number of nitrogens with one attached hydrogen (secondary N) is 2. The van der Waals surface area contributed by atoms with Gasteiger partial charge in [0.25, 0.3) is 0 Å². The van der Waals surface area contributed by atoms with E-state index < -0.39 is 0 Å². The number of aliphatic imine (C=N–C) groups is 1. The summed E-state index contributed by atoms with van der Waals surface area (Å²) in [7, 11) is 0. The van der Waals surface area contributed by atoms with Crippen LogP contribution in [0.5, 0.6) is 0 Å². The Hall–Kier alpha value is -1.23. The van der Waals surface area contributed by atoms with Gasteiger partial charge in [-0.15, -0.1) is 11.3 Å². The topological polar surface area (TPSA) is 36.4 Å². The van der Waals surface area contributed by atoms with E-state index in [1.165, 1.54) is 24.1 Å². The molecule has 1 aromatic carbocycles. The van der Waals surface area contributed by atoms with Gasteiger partial charge in [-0.3, -0.25) is 4.99 Å². The molecular weight excluding hydrogens is 385 g/mol. The van der Waals surface area contributed by atoms with Crippen molar-refractivity contribution in [1.82, 2.24) is 0 Å². The first kappa shape index (κ1) is 19.5. The number of halogens is 2. The molecule has 140 valence electrons. The average Bonchev–Trinajstić information content (AvgIpc) is 3.18. The number of hydrogen-bond donors (Lipinski definition) is 2. The minimum Gasteiger partial charge on any atom is -0.371 e. The van der Waals surface area contributed by atoms with E-state index in [1.54, 1.807) is 11.3 Å². The predicted octanol–water partition coefficient (Wildman–Crippen LogP) is 7.22. The van der Waals surface area contributed by atoms with Crippen molar-refractivity contribution < 1.29 is 0 Å². The van der Waals surface area contributed by atoms with Gasteiger partial charge in [0, 0.05) is 4.88 Å². The Balaban J connectivity index is 0.000000948. The lowest BCUT2D eigenvalue weighted by atomic mass is 9.79. The van der Waals surface area contributed by atoms with Gasteiger partial charge in [0.05, 0.1) is 33.5 Å². The van der Waals surface area contributed by atoms with Gasteiger partial charge in [0.1, 0.15) is 5.84 Å². The van der Waals surface area contributed by atoms with Crippen LogP contribution in [0.15, 0.2) is 34.6 Å². The molecule has 2 N–H and O–H groups in total. The van der Waals surface area contributed by atoms with Crippen molar-refractivity contribution in [2.24, 2.45) is 4.99 Å². The standard InChI is InChI=1S/C18H19Cl2N3S.C2H6/c19-13-9-15-16(10-14(13)20)23-18(6-2-1-3-7-18)17(22-15)21-11-12-5-4-8-24-12;1-2/h4-5,8-10,23H,1-3,6-7,11H2,(H,21,22);1-2H3. The summed E-state index contributed by atoms with van der Waals surface area (Å²) in [6, 6.07) is 7.99. The molecule has 1 saturated carbocycles. The summed E-state index contributed by atoms with van der Waals surface area (Å²) < 4.78 is 0. The molecule has 4 rings (SSSR count). The van der Waals surface area contributed by atoms with E-state index in [0.29, 0.717) is 16.6 Å². The zero-order valence-electron chi connectivity index (χ0n) is 15.2. The van der Waals surface area contributed by atoms with Crippen LogP contribution >= 0.6 is 34.5 Å². The Morgan fingerprint density at radius 2 is 1.77 bits per heavy atom. The first-order chi connectivity index (χ1) is 12.7. The van der Waals surface area contributed by atoms with Gasteiger partial charge in [0.15, 0.2) is 0 Å². The fourth-order valence-electron chi connectivity index (χ4n) is 3.59. The van der Waals surface area contributed by atoms with Crippen LogP contribution in [-0.2, 0) is 6.54 Å². The molecule has 1 aliphatic heterocycles. The third-order valence-electron chi connectivity index (χ3n) is 4.82. The molecule has 0 bridgehead atoms. The lowest BCUT2D eigenvalue weighted by Gasteiger charge is -2.44. The van der Waals surface area contributed by atoms with E-state index in [-0.39, 0.29) is 5.54 Å². The molecule has 0 saturated heterocycles. The van der Waals surface area contributed by atoms with Crippen LogP contribution < -0.4 is 10.6 Å². The first-order valence-corrected chi connectivity index (χ1v) is 10.9. The number of rotatable bonds is 2. The van der Waals surface area contributed by atoms with Crippen molar-refractivity contribution in [1.29, 1.82) is 0 Å². The highest BCUT2D eigenvalue weighted by atomic mass is 35.5. The Labute approximate surface area is 169 Å². The van der Waals surface area contributed by atoms with Gasteiger partial charge in [-0.1, -0.05) is 62.4 Å². The van der Waals surface area contributed by atoms with Crippen LogP contribution in [-0.4, -0.2) is 11.4 Å². The monoisotopic (exact) mass is 409 g/mol. The van der Waals surface area contributed by atoms with Crippen LogP contribution in [0.25, 0.3) is 0 Å². The van der Waals surface area contributed by atoms with E-state index in [0.717, 1.165) is 30.1 Å². The van der Waals surface area contributed by atoms with Gasteiger partial charge in [-0.2, -0.15) is 0 Å². The largest absolute Gasteiger partial charge is 0.371 e. The van der Waals surface area contributed by atoms with Gasteiger partial charge in [-0.05, 0) is 36.4 Å². The molecule has 0 radical (unpaired) electrons. The van der Waals surface area contributed by atoms with Gasteiger partial charge in [-0.25, -0.2) is 0 Å². The van der Waals surface area contributed by atoms with Crippen molar-refractivity contribution in [3.63, 3.8) is 0 Å². The van der Waals surface area contributed by atoms with Crippen LogP contribution in [0, 0.1) is 0 Å². The average molecular weight is 410 g/mol. The molecular formula is C20H25Cl2N3S. The van der Waals surface area contributed by atoms with Gasteiger partial charge < -0.3 is 10.6 Å². The number of thiophene rings is 1. The normalized spacial score (nSPS) is 19.2. The Kier molecular flexibility index (Phi) is 6.49. The van der Waals surface area contributed by atoms with E-state index in [4.69, 9.17) is 28.2 Å². The molecule has 0 unspecified atom stereocenters. The number of benzene rings is 1. The van der Waals surface area contributed by atoms with Gasteiger partial charge >= 0.3 is 0 Å². The molecule has 0 amide bonds. The molecule has 26 heavy (non-hydrogen) atoms. The Bertz CT molecular complexity index is 766. The predicted molar refractivity (Wildman–Crippen MR) is 116 cm³/mol. The van der Waals surface area contributed by atoms with Crippen molar-refractivity contribution >= 4 is 51.7 Å². The number of hydrogen-bond acceptors (Lipinski definition) is 3. The van der Waals surface area contributed by atoms with Crippen molar-refractivity contribution in [2.45, 2.75) is 58.0 Å². The second kappa shape index (κ2) is 8.64. The maximum Gasteiger partial charge on any atom is 0.127 e. The second-order valence-electron chi connectivity index (χ2n) is 6.45. The fraction of sp³-hybridized carbons (Fsp3) is 0.450. The summed E-state index contributed by atoms with van der Waals surface area (Å²) >= 11 is 14.1. The molecule has 1 spiro atoms. The lowest BCUT2D eigenvalue weighted by molar-refractivity contribution is 0.403. The Morgan fingerprint density at radius 1 is 1.08 bits per heavy atom. The molecule has 3 nitrogen and oxygen atoms in total. The molecule has 2 aromatic rings. The number of nitrogens with zero attached hydrogens (tertiary/aromatic N) is 1. The fourth-order valence-corrected chi connectivity index (χ4v) is 4.54. The van der Waals surface area contributed by atoms with E-state index in [1.807, 2.05) is 26.0 Å². The van der Waals surface area contributed by atoms with Crippen LogP contribution in [0.3, 0.4) is 0 Å². The number of anilines is 2. The highest BCUT2D eigenvalue weighted by molar-refractivity contribution is 7.09. The van der Waals surface area contributed by atoms with Crippen molar-refractivity contribution in [3.8, 4) is 0 Å². The smallest absolute Gasteiger partial charge is 0.127 e. The van der Waals surface area contributed by atoms with Gasteiger partial charge in [0.2, 0.25) is 0 Å². The molecule has 1 aromatic heterocycles. The highest BCUT2D eigenvalue weighted by Gasteiger charge is 2.41. The summed E-state index contributed by atoms with van der Waals surface area (Å²) in [5, 5.41) is 10.5. The van der Waals surface area contributed by atoms with E-state index in [2.05, 4.69) is 28.1 Å². The van der Waals surface area contributed by atoms with Crippen LogP contribution in [0.2, 0.25) is 10.0 Å². The molecule has 6 heteroatoms. The quantitative estimate of drug-likeness (QED) is 0.548. The van der Waals surface area contributed by atoms with Crippen molar-refractivity contribution in [3.05, 3.63) is 44.6 Å². The number of amidine groups is 1. The van der Waals surface area contributed by atoms with E-state index >= 15 is 0 Å². The summed E-state index contributed by atoms with van der Waals surface area (Å²) in [5.74, 6) is 1.03. The lowest BCUT2D eigenvalue weighted by Crippen LogP contribution is -2.53. The molecule has 0 atom stereocenters. The minimum absolute atomic E-state index is 0.111. The minimum atomic E-state index is -0.111.